The van der Waals surface area contributed by atoms with Gasteiger partial charge in [-0.15, -0.1) is 0 Å². The molecule has 0 bridgehead atoms. The predicted molar refractivity (Wildman–Crippen MR) is 80.7 cm³/mol. The van der Waals surface area contributed by atoms with E-state index in [9.17, 15) is 9.90 Å². The highest BCUT2D eigenvalue weighted by atomic mass is 16.3. The van der Waals surface area contributed by atoms with Gasteiger partial charge in [-0.2, -0.15) is 0 Å². The summed E-state index contributed by atoms with van der Waals surface area (Å²) in [5, 5.41) is 15.6. The number of carbonyl (C=O) groups is 1. The summed E-state index contributed by atoms with van der Waals surface area (Å²) in [6.45, 7) is 1.02. The minimum Gasteiger partial charge on any atom is -0.396 e. The molecule has 20 heavy (non-hydrogen) atoms. The van der Waals surface area contributed by atoms with Gasteiger partial charge in [0.25, 0.3) is 0 Å². The zero-order chi connectivity index (χ0) is 14.4. The number of hydrogen-bond donors (Lipinski definition) is 4. The lowest BCUT2D eigenvalue weighted by Gasteiger charge is -2.36. The first-order valence-corrected chi connectivity index (χ1v) is 7.15. The molecule has 110 valence electrons. The molecular formula is C15H23N3O2. The van der Waals surface area contributed by atoms with E-state index >= 15 is 0 Å². The van der Waals surface area contributed by atoms with E-state index in [2.05, 4.69) is 10.6 Å². The molecular weight excluding hydrogens is 254 g/mol. The van der Waals surface area contributed by atoms with E-state index < -0.39 is 6.03 Å². The van der Waals surface area contributed by atoms with Gasteiger partial charge in [0.1, 0.15) is 0 Å². The van der Waals surface area contributed by atoms with Crippen LogP contribution >= 0.6 is 0 Å². The summed E-state index contributed by atoms with van der Waals surface area (Å²) in [7, 11) is 0. The standard InChI is InChI=1S/C15H23N3O2/c16-14(20)18-13-6-4-12(5-7-13)17-10-15(11-19)8-2-1-3-9-15/h4-7,17,19H,1-3,8-11H2,(H3,16,18,20). The summed E-state index contributed by atoms with van der Waals surface area (Å²) in [4.78, 5) is 10.7. The second kappa shape index (κ2) is 6.61. The van der Waals surface area contributed by atoms with Crippen molar-refractivity contribution < 1.29 is 9.90 Å². The summed E-state index contributed by atoms with van der Waals surface area (Å²) in [6.07, 6.45) is 5.83. The van der Waals surface area contributed by atoms with Crippen LogP contribution in [-0.2, 0) is 0 Å². The van der Waals surface area contributed by atoms with Crippen molar-refractivity contribution in [2.45, 2.75) is 32.1 Å². The molecule has 2 rings (SSSR count). The molecule has 1 aromatic rings. The van der Waals surface area contributed by atoms with E-state index in [1.54, 1.807) is 12.1 Å². The van der Waals surface area contributed by atoms with Gasteiger partial charge in [-0.05, 0) is 37.1 Å². The molecule has 2 amide bonds. The number of carbonyl (C=O) groups excluding carboxylic acids is 1. The van der Waals surface area contributed by atoms with Gasteiger partial charge in [0.15, 0.2) is 0 Å². The van der Waals surface area contributed by atoms with Crippen molar-refractivity contribution >= 4 is 17.4 Å². The topological polar surface area (TPSA) is 87.4 Å². The summed E-state index contributed by atoms with van der Waals surface area (Å²) in [5.74, 6) is 0. The van der Waals surface area contributed by atoms with Crippen LogP contribution in [0.5, 0.6) is 0 Å². The Morgan fingerprint density at radius 1 is 1.15 bits per heavy atom. The summed E-state index contributed by atoms with van der Waals surface area (Å²) >= 11 is 0. The quantitative estimate of drug-likeness (QED) is 0.667. The fourth-order valence-corrected chi connectivity index (χ4v) is 2.80. The monoisotopic (exact) mass is 277 g/mol. The highest BCUT2D eigenvalue weighted by Gasteiger charge is 2.30. The lowest BCUT2D eigenvalue weighted by Crippen LogP contribution is -2.35. The minimum absolute atomic E-state index is 0.0163. The van der Waals surface area contributed by atoms with Crippen molar-refractivity contribution in [1.82, 2.24) is 0 Å². The Balaban J connectivity index is 1.91. The molecule has 1 aromatic carbocycles. The van der Waals surface area contributed by atoms with Crippen molar-refractivity contribution in [2.75, 3.05) is 23.8 Å². The van der Waals surface area contributed by atoms with Gasteiger partial charge >= 0.3 is 6.03 Å². The van der Waals surface area contributed by atoms with Gasteiger partial charge in [-0.1, -0.05) is 19.3 Å². The van der Waals surface area contributed by atoms with Crippen LogP contribution in [0.2, 0.25) is 0 Å². The molecule has 0 spiro atoms. The largest absolute Gasteiger partial charge is 0.396 e. The fraction of sp³-hybridized carbons (Fsp3) is 0.533. The van der Waals surface area contributed by atoms with Crippen molar-refractivity contribution in [2.24, 2.45) is 11.1 Å². The van der Waals surface area contributed by atoms with E-state index in [0.29, 0.717) is 5.69 Å². The van der Waals surface area contributed by atoms with E-state index in [1.807, 2.05) is 12.1 Å². The van der Waals surface area contributed by atoms with Gasteiger partial charge in [-0.3, -0.25) is 0 Å². The molecule has 0 radical (unpaired) electrons. The third kappa shape index (κ3) is 3.87. The van der Waals surface area contributed by atoms with Crippen LogP contribution in [0.25, 0.3) is 0 Å². The fourth-order valence-electron chi connectivity index (χ4n) is 2.80. The Hall–Kier alpha value is -1.75. The second-order valence-corrected chi connectivity index (χ2v) is 5.64. The number of primary amides is 1. The van der Waals surface area contributed by atoms with Gasteiger partial charge in [0, 0.05) is 23.3 Å². The Morgan fingerprint density at radius 3 is 2.30 bits per heavy atom. The molecule has 0 saturated heterocycles. The van der Waals surface area contributed by atoms with Gasteiger partial charge in [0.2, 0.25) is 0 Å². The highest BCUT2D eigenvalue weighted by Crippen LogP contribution is 2.36. The molecule has 1 aliphatic carbocycles. The normalized spacial score (nSPS) is 17.4. The number of urea groups is 1. The summed E-state index contributed by atoms with van der Waals surface area (Å²) in [6, 6.07) is 6.85. The number of benzene rings is 1. The highest BCUT2D eigenvalue weighted by molar-refractivity contribution is 5.87. The van der Waals surface area contributed by atoms with E-state index in [4.69, 9.17) is 5.73 Å². The first-order valence-electron chi connectivity index (χ1n) is 7.15. The lowest BCUT2D eigenvalue weighted by molar-refractivity contribution is 0.0944. The lowest BCUT2D eigenvalue weighted by atomic mass is 9.74. The summed E-state index contributed by atoms with van der Waals surface area (Å²) in [5.41, 5.74) is 6.74. The SMILES string of the molecule is NC(=O)Nc1ccc(NCC2(CO)CCCCC2)cc1. The van der Waals surface area contributed by atoms with Gasteiger partial charge in [0.05, 0.1) is 6.61 Å². The first kappa shape index (κ1) is 14.7. The molecule has 0 heterocycles. The minimum atomic E-state index is -0.563. The van der Waals surface area contributed by atoms with Crippen LogP contribution in [0, 0.1) is 5.41 Å². The molecule has 0 unspecified atom stereocenters. The molecule has 1 saturated carbocycles. The van der Waals surface area contributed by atoms with Crippen molar-refractivity contribution in [1.29, 1.82) is 0 Å². The Kier molecular flexibility index (Phi) is 4.84. The van der Waals surface area contributed by atoms with Crippen LogP contribution in [0.1, 0.15) is 32.1 Å². The maximum Gasteiger partial charge on any atom is 0.316 e. The average Bonchev–Trinajstić information content (AvgIpc) is 2.47. The smallest absolute Gasteiger partial charge is 0.316 e. The Labute approximate surface area is 119 Å². The van der Waals surface area contributed by atoms with Crippen LogP contribution in [-0.4, -0.2) is 24.3 Å². The van der Waals surface area contributed by atoms with Crippen LogP contribution in [0.4, 0.5) is 16.2 Å². The second-order valence-electron chi connectivity index (χ2n) is 5.64. The maximum absolute atomic E-state index is 10.7. The molecule has 5 N–H and O–H groups in total. The van der Waals surface area contributed by atoms with Gasteiger partial charge < -0.3 is 21.5 Å². The molecule has 5 nitrogen and oxygen atoms in total. The van der Waals surface area contributed by atoms with Gasteiger partial charge in [-0.25, -0.2) is 4.79 Å². The van der Waals surface area contributed by atoms with Crippen molar-refractivity contribution in [3.63, 3.8) is 0 Å². The Morgan fingerprint density at radius 2 is 1.75 bits per heavy atom. The molecule has 0 aromatic heterocycles. The number of nitrogens with two attached hydrogens (primary N) is 1. The number of aliphatic hydroxyl groups excluding tert-OH is 1. The third-order valence-corrected chi connectivity index (χ3v) is 4.07. The van der Waals surface area contributed by atoms with E-state index in [-0.39, 0.29) is 12.0 Å². The number of hydrogen-bond acceptors (Lipinski definition) is 3. The maximum atomic E-state index is 10.7. The zero-order valence-corrected chi connectivity index (χ0v) is 11.7. The van der Waals surface area contributed by atoms with Crippen LogP contribution in [0.3, 0.4) is 0 Å². The molecule has 0 atom stereocenters. The Bertz CT molecular complexity index is 439. The van der Waals surface area contributed by atoms with E-state index in [1.165, 1.54) is 19.3 Å². The number of amides is 2. The van der Waals surface area contributed by atoms with E-state index in [0.717, 1.165) is 25.1 Å². The molecule has 5 heteroatoms. The number of anilines is 2. The number of nitrogens with one attached hydrogen (secondary N) is 2. The molecule has 1 aliphatic rings. The average molecular weight is 277 g/mol. The predicted octanol–water partition coefficient (Wildman–Crippen LogP) is 2.53. The van der Waals surface area contributed by atoms with Crippen molar-refractivity contribution in [3.05, 3.63) is 24.3 Å². The molecule has 1 fully saturated rings. The zero-order valence-electron chi connectivity index (χ0n) is 11.7. The first-order chi connectivity index (χ1) is 9.63. The third-order valence-electron chi connectivity index (χ3n) is 4.07. The van der Waals surface area contributed by atoms with Crippen LogP contribution in [0.15, 0.2) is 24.3 Å². The molecule has 0 aliphatic heterocycles. The van der Waals surface area contributed by atoms with Crippen molar-refractivity contribution in [3.8, 4) is 0 Å². The number of aliphatic hydroxyl groups is 1. The van der Waals surface area contributed by atoms with Crippen LogP contribution < -0.4 is 16.4 Å². The summed E-state index contributed by atoms with van der Waals surface area (Å²) < 4.78 is 0. The number of rotatable bonds is 5.